The maximum Gasteiger partial charge on any atom is 0.237 e. The number of nitrogens with one attached hydrogen (secondary N) is 1. The molecule has 2 aliphatic heterocycles. The van der Waals surface area contributed by atoms with Gasteiger partial charge in [-0.1, -0.05) is 24.3 Å². The van der Waals surface area contributed by atoms with E-state index in [-0.39, 0.29) is 5.91 Å². The van der Waals surface area contributed by atoms with Gasteiger partial charge in [0.1, 0.15) is 0 Å². The van der Waals surface area contributed by atoms with Crippen molar-refractivity contribution in [3.05, 3.63) is 35.4 Å². The standard InChI is InChI=1S/C17H25N3O/c1-19(12-16-7-4-9-18-16)13-17(21)20-10-8-14-5-2-3-6-15(14)11-20/h2-3,5-6,16,18H,4,7-13H2,1H3. The van der Waals surface area contributed by atoms with Crippen molar-refractivity contribution in [2.24, 2.45) is 0 Å². The first-order valence-electron chi connectivity index (χ1n) is 7.99. The van der Waals surface area contributed by atoms with E-state index in [1.165, 1.54) is 24.0 Å². The van der Waals surface area contributed by atoms with Crippen LogP contribution in [0.15, 0.2) is 24.3 Å². The van der Waals surface area contributed by atoms with Crippen LogP contribution in [0, 0.1) is 0 Å². The molecule has 1 atom stereocenters. The van der Waals surface area contributed by atoms with Gasteiger partial charge in [0.15, 0.2) is 0 Å². The Labute approximate surface area is 127 Å². The molecule has 2 heterocycles. The lowest BCUT2D eigenvalue weighted by Gasteiger charge is -2.31. The number of fused-ring (bicyclic) bond motifs is 1. The van der Waals surface area contributed by atoms with Crippen LogP contribution >= 0.6 is 0 Å². The topological polar surface area (TPSA) is 35.6 Å². The predicted octanol–water partition coefficient (Wildman–Crippen LogP) is 1.26. The van der Waals surface area contributed by atoms with Gasteiger partial charge in [-0.3, -0.25) is 9.69 Å². The molecule has 0 aliphatic carbocycles. The molecule has 1 saturated heterocycles. The molecule has 1 unspecified atom stereocenters. The molecule has 1 amide bonds. The fraction of sp³-hybridized carbons (Fsp3) is 0.588. The number of benzene rings is 1. The summed E-state index contributed by atoms with van der Waals surface area (Å²) in [6.07, 6.45) is 3.47. The van der Waals surface area contributed by atoms with Gasteiger partial charge in [0.05, 0.1) is 6.54 Å². The lowest BCUT2D eigenvalue weighted by Crippen LogP contribution is -2.44. The Morgan fingerprint density at radius 1 is 1.38 bits per heavy atom. The molecule has 0 aromatic heterocycles. The van der Waals surface area contributed by atoms with Crippen LogP contribution in [0.2, 0.25) is 0 Å². The van der Waals surface area contributed by atoms with Crippen LogP contribution in [0.25, 0.3) is 0 Å². The number of hydrogen-bond acceptors (Lipinski definition) is 3. The predicted molar refractivity (Wildman–Crippen MR) is 84.1 cm³/mol. The average Bonchev–Trinajstić information content (AvgIpc) is 2.99. The van der Waals surface area contributed by atoms with Crippen LogP contribution in [0.3, 0.4) is 0 Å². The van der Waals surface area contributed by atoms with E-state index < -0.39 is 0 Å². The molecule has 0 radical (unpaired) electrons. The second-order valence-electron chi connectivity index (χ2n) is 6.32. The molecule has 1 aromatic rings. The highest BCUT2D eigenvalue weighted by atomic mass is 16.2. The van der Waals surface area contributed by atoms with Gasteiger partial charge in [-0.15, -0.1) is 0 Å². The zero-order chi connectivity index (χ0) is 14.7. The van der Waals surface area contributed by atoms with Gasteiger partial charge in [0.25, 0.3) is 0 Å². The van der Waals surface area contributed by atoms with Gasteiger partial charge < -0.3 is 10.2 Å². The number of carbonyl (C=O) groups excluding carboxylic acids is 1. The summed E-state index contributed by atoms with van der Waals surface area (Å²) < 4.78 is 0. The summed E-state index contributed by atoms with van der Waals surface area (Å²) in [7, 11) is 2.05. The van der Waals surface area contributed by atoms with Gasteiger partial charge >= 0.3 is 0 Å². The second kappa shape index (κ2) is 6.58. The van der Waals surface area contributed by atoms with Crippen LogP contribution in [0.1, 0.15) is 24.0 Å². The zero-order valence-electron chi connectivity index (χ0n) is 12.8. The Morgan fingerprint density at radius 2 is 2.19 bits per heavy atom. The highest BCUT2D eigenvalue weighted by Gasteiger charge is 2.22. The third kappa shape index (κ3) is 3.63. The van der Waals surface area contributed by atoms with E-state index in [1.807, 2.05) is 4.90 Å². The molecular formula is C17H25N3O. The van der Waals surface area contributed by atoms with Crippen LogP contribution < -0.4 is 5.32 Å². The molecule has 1 aromatic carbocycles. The Kier molecular flexibility index (Phi) is 4.56. The van der Waals surface area contributed by atoms with Crippen molar-refractivity contribution in [2.45, 2.75) is 31.8 Å². The average molecular weight is 287 g/mol. The molecule has 114 valence electrons. The number of likely N-dealkylation sites (N-methyl/N-ethyl adjacent to an activating group) is 1. The van der Waals surface area contributed by atoms with Crippen molar-refractivity contribution < 1.29 is 4.79 Å². The summed E-state index contributed by atoms with van der Waals surface area (Å²) >= 11 is 0. The van der Waals surface area contributed by atoms with Crippen molar-refractivity contribution >= 4 is 5.91 Å². The fourth-order valence-electron chi connectivity index (χ4n) is 3.39. The first kappa shape index (κ1) is 14.5. The molecular weight excluding hydrogens is 262 g/mol. The SMILES string of the molecule is CN(CC(=O)N1CCc2ccccc2C1)CC1CCCN1. The van der Waals surface area contributed by atoms with Crippen LogP contribution in [0.5, 0.6) is 0 Å². The van der Waals surface area contributed by atoms with Gasteiger partial charge in [0, 0.05) is 25.7 Å². The Morgan fingerprint density at radius 3 is 2.95 bits per heavy atom. The van der Waals surface area contributed by atoms with Gasteiger partial charge in [0.2, 0.25) is 5.91 Å². The lowest BCUT2D eigenvalue weighted by atomic mass is 10.00. The first-order valence-corrected chi connectivity index (χ1v) is 7.99. The molecule has 1 fully saturated rings. The quantitative estimate of drug-likeness (QED) is 0.905. The van der Waals surface area contributed by atoms with Gasteiger partial charge in [-0.2, -0.15) is 0 Å². The minimum Gasteiger partial charge on any atom is -0.337 e. The number of amides is 1. The maximum absolute atomic E-state index is 12.5. The number of hydrogen-bond donors (Lipinski definition) is 1. The number of nitrogens with zero attached hydrogens (tertiary/aromatic N) is 2. The van der Waals surface area contributed by atoms with E-state index in [9.17, 15) is 4.79 Å². The zero-order valence-corrected chi connectivity index (χ0v) is 12.8. The Bertz CT molecular complexity index is 497. The smallest absolute Gasteiger partial charge is 0.237 e. The highest BCUT2D eigenvalue weighted by Crippen LogP contribution is 2.18. The van der Waals surface area contributed by atoms with E-state index in [4.69, 9.17) is 0 Å². The van der Waals surface area contributed by atoms with E-state index >= 15 is 0 Å². The van der Waals surface area contributed by atoms with Crippen molar-refractivity contribution in [1.82, 2.24) is 15.1 Å². The normalized spacial score (nSPS) is 21.6. The lowest BCUT2D eigenvalue weighted by molar-refractivity contribution is -0.133. The first-order chi connectivity index (χ1) is 10.2. The van der Waals surface area contributed by atoms with Crippen molar-refractivity contribution in [2.75, 3.05) is 33.2 Å². The molecule has 0 spiro atoms. The highest BCUT2D eigenvalue weighted by molar-refractivity contribution is 5.78. The molecule has 1 N–H and O–H groups in total. The molecule has 0 saturated carbocycles. The summed E-state index contributed by atoms with van der Waals surface area (Å²) in [5, 5.41) is 3.49. The number of rotatable bonds is 4. The molecule has 4 heteroatoms. The molecule has 2 aliphatic rings. The fourth-order valence-corrected chi connectivity index (χ4v) is 3.39. The molecule has 0 bridgehead atoms. The number of carbonyl (C=O) groups is 1. The van der Waals surface area contributed by atoms with E-state index in [1.54, 1.807) is 0 Å². The van der Waals surface area contributed by atoms with Crippen LogP contribution in [-0.2, 0) is 17.8 Å². The Balaban J connectivity index is 1.51. The summed E-state index contributed by atoms with van der Waals surface area (Å²) in [6.45, 7) is 4.24. The van der Waals surface area contributed by atoms with Crippen molar-refractivity contribution in [1.29, 1.82) is 0 Å². The van der Waals surface area contributed by atoms with E-state index in [2.05, 4.69) is 41.5 Å². The molecule has 4 nitrogen and oxygen atoms in total. The van der Waals surface area contributed by atoms with E-state index in [0.29, 0.717) is 12.6 Å². The van der Waals surface area contributed by atoms with Gasteiger partial charge in [-0.25, -0.2) is 0 Å². The third-order valence-electron chi connectivity index (χ3n) is 4.58. The summed E-state index contributed by atoms with van der Waals surface area (Å²) in [5.41, 5.74) is 2.70. The largest absolute Gasteiger partial charge is 0.337 e. The summed E-state index contributed by atoms with van der Waals surface area (Å²) in [6, 6.07) is 9.02. The monoisotopic (exact) mass is 287 g/mol. The minimum absolute atomic E-state index is 0.255. The molecule has 3 rings (SSSR count). The van der Waals surface area contributed by atoms with Gasteiger partial charge in [-0.05, 0) is 44.0 Å². The minimum atomic E-state index is 0.255. The molecule has 21 heavy (non-hydrogen) atoms. The Hall–Kier alpha value is -1.39. The van der Waals surface area contributed by atoms with Crippen molar-refractivity contribution in [3.63, 3.8) is 0 Å². The van der Waals surface area contributed by atoms with Crippen LogP contribution in [0.4, 0.5) is 0 Å². The summed E-state index contributed by atoms with van der Waals surface area (Å²) in [4.78, 5) is 16.6. The second-order valence-corrected chi connectivity index (χ2v) is 6.32. The van der Waals surface area contributed by atoms with Crippen LogP contribution in [-0.4, -0.2) is 55.0 Å². The van der Waals surface area contributed by atoms with E-state index in [0.717, 1.165) is 32.6 Å². The maximum atomic E-state index is 12.5. The summed E-state index contributed by atoms with van der Waals surface area (Å²) in [5.74, 6) is 0.255. The third-order valence-corrected chi connectivity index (χ3v) is 4.58. The van der Waals surface area contributed by atoms with Crippen molar-refractivity contribution in [3.8, 4) is 0 Å².